The van der Waals surface area contributed by atoms with Crippen molar-refractivity contribution in [2.24, 2.45) is 0 Å². The Morgan fingerprint density at radius 2 is 2.15 bits per heavy atom. The summed E-state index contributed by atoms with van der Waals surface area (Å²) in [6.07, 6.45) is 5.04. The maximum atomic E-state index is 12.1. The van der Waals surface area contributed by atoms with E-state index in [-0.39, 0.29) is 18.4 Å². The molecule has 20 heavy (non-hydrogen) atoms. The third-order valence-electron chi connectivity index (χ3n) is 3.11. The smallest absolute Gasteiger partial charge is 0.414 e. The predicted molar refractivity (Wildman–Crippen MR) is 75.8 cm³/mol. The molecule has 0 fully saturated rings. The lowest BCUT2D eigenvalue weighted by Gasteiger charge is -2.29. The molecule has 1 heterocycles. The van der Waals surface area contributed by atoms with Crippen LogP contribution in [0.15, 0.2) is 55.3 Å². The Morgan fingerprint density at radius 1 is 1.40 bits per heavy atom. The van der Waals surface area contributed by atoms with Crippen LogP contribution in [0.25, 0.3) is 0 Å². The summed E-state index contributed by atoms with van der Waals surface area (Å²) in [5, 5.41) is 0. The van der Waals surface area contributed by atoms with Crippen molar-refractivity contribution in [1.29, 1.82) is 0 Å². The van der Waals surface area contributed by atoms with Crippen molar-refractivity contribution in [3.8, 4) is 0 Å². The Kier molecular flexibility index (Phi) is 4.71. The zero-order valence-corrected chi connectivity index (χ0v) is 11.2. The number of allylic oxidation sites excluding steroid dienone is 1. The number of hydrogen-bond donors (Lipinski definition) is 0. The van der Waals surface area contributed by atoms with Gasteiger partial charge in [-0.25, -0.2) is 4.79 Å². The van der Waals surface area contributed by atoms with E-state index in [4.69, 9.17) is 4.74 Å². The van der Waals surface area contributed by atoms with Crippen LogP contribution in [0.5, 0.6) is 0 Å². The number of nitrogens with zero attached hydrogens (tertiary/aromatic N) is 1. The number of ketones is 1. The lowest BCUT2D eigenvalue weighted by Crippen LogP contribution is -2.40. The second-order valence-electron chi connectivity index (χ2n) is 4.61. The second-order valence-corrected chi connectivity index (χ2v) is 4.61. The minimum atomic E-state index is -0.440. The Labute approximate surface area is 118 Å². The van der Waals surface area contributed by atoms with E-state index in [1.807, 2.05) is 30.3 Å². The number of ether oxygens (including phenoxy) is 1. The minimum absolute atomic E-state index is 0.0176. The molecule has 0 bridgehead atoms. The van der Waals surface area contributed by atoms with Gasteiger partial charge in [0.2, 0.25) is 0 Å². The predicted octanol–water partition coefficient (Wildman–Crippen LogP) is 3.06. The van der Waals surface area contributed by atoms with E-state index in [0.717, 1.165) is 5.56 Å². The molecular formula is C16H17NO3. The van der Waals surface area contributed by atoms with Gasteiger partial charge >= 0.3 is 6.09 Å². The molecule has 104 valence electrons. The largest absolute Gasteiger partial charge is 0.444 e. The monoisotopic (exact) mass is 271 g/mol. The number of amides is 1. The van der Waals surface area contributed by atoms with Crippen LogP contribution in [-0.4, -0.2) is 22.8 Å². The van der Waals surface area contributed by atoms with Crippen molar-refractivity contribution in [3.63, 3.8) is 0 Å². The Balaban J connectivity index is 1.98. The molecule has 1 amide bonds. The second kappa shape index (κ2) is 6.70. The highest BCUT2D eigenvalue weighted by Gasteiger charge is 2.27. The molecule has 0 aromatic heterocycles. The van der Waals surface area contributed by atoms with Gasteiger partial charge in [0.25, 0.3) is 0 Å². The Bertz CT molecular complexity index is 522. The van der Waals surface area contributed by atoms with Crippen molar-refractivity contribution in [2.75, 3.05) is 0 Å². The number of benzene rings is 1. The Morgan fingerprint density at radius 3 is 2.85 bits per heavy atom. The van der Waals surface area contributed by atoms with E-state index in [1.54, 1.807) is 6.08 Å². The molecule has 4 heteroatoms. The van der Waals surface area contributed by atoms with Gasteiger partial charge in [0.15, 0.2) is 5.78 Å². The zero-order chi connectivity index (χ0) is 14.4. The summed E-state index contributed by atoms with van der Waals surface area (Å²) in [6, 6.07) is 9.28. The first-order valence-electron chi connectivity index (χ1n) is 6.51. The van der Waals surface area contributed by atoms with Crippen LogP contribution in [0.1, 0.15) is 18.4 Å². The van der Waals surface area contributed by atoms with Crippen LogP contribution in [0.3, 0.4) is 0 Å². The number of hydrogen-bond acceptors (Lipinski definition) is 3. The quantitative estimate of drug-likeness (QED) is 0.791. The van der Waals surface area contributed by atoms with Crippen molar-refractivity contribution < 1.29 is 14.3 Å². The molecule has 1 aromatic carbocycles. The topological polar surface area (TPSA) is 46.6 Å². The average molecular weight is 271 g/mol. The summed E-state index contributed by atoms with van der Waals surface area (Å²) < 4.78 is 5.27. The molecule has 4 nitrogen and oxygen atoms in total. The summed E-state index contributed by atoms with van der Waals surface area (Å²) in [4.78, 5) is 24.9. The van der Waals surface area contributed by atoms with Crippen LogP contribution < -0.4 is 0 Å². The number of carbonyl (C=O) groups excluding carboxylic acids is 2. The fraction of sp³-hybridized carbons (Fsp3) is 0.250. The maximum Gasteiger partial charge on any atom is 0.414 e. The van der Waals surface area contributed by atoms with E-state index < -0.39 is 6.09 Å². The van der Waals surface area contributed by atoms with E-state index in [2.05, 4.69) is 6.58 Å². The fourth-order valence-corrected chi connectivity index (χ4v) is 2.08. The standard InChI is InChI=1S/C16H17NO3/c1-2-6-14-11-15(18)9-10-17(14)16(19)20-12-13-7-4-3-5-8-13/h2-5,7-10,14H,1,6,11-12H2. The minimum Gasteiger partial charge on any atom is -0.444 e. The van der Waals surface area contributed by atoms with Crippen LogP contribution in [0.4, 0.5) is 4.79 Å². The lowest BCUT2D eigenvalue weighted by atomic mass is 10.0. The summed E-state index contributed by atoms with van der Waals surface area (Å²) in [5.74, 6) is 0.0176. The van der Waals surface area contributed by atoms with Crippen molar-refractivity contribution >= 4 is 11.9 Å². The van der Waals surface area contributed by atoms with Gasteiger partial charge in [-0.1, -0.05) is 36.4 Å². The summed E-state index contributed by atoms with van der Waals surface area (Å²) in [6.45, 7) is 3.87. The molecule has 0 radical (unpaired) electrons. The van der Waals surface area contributed by atoms with E-state index in [9.17, 15) is 9.59 Å². The van der Waals surface area contributed by atoms with Gasteiger partial charge in [-0.3, -0.25) is 9.69 Å². The van der Waals surface area contributed by atoms with Gasteiger partial charge in [-0.15, -0.1) is 6.58 Å². The first-order chi connectivity index (χ1) is 9.70. The molecule has 1 unspecified atom stereocenters. The van der Waals surface area contributed by atoms with Crippen molar-refractivity contribution in [3.05, 3.63) is 60.8 Å². The summed E-state index contributed by atoms with van der Waals surface area (Å²) in [7, 11) is 0. The zero-order valence-electron chi connectivity index (χ0n) is 11.2. The first-order valence-corrected chi connectivity index (χ1v) is 6.51. The highest BCUT2D eigenvalue weighted by Crippen LogP contribution is 2.18. The maximum absolute atomic E-state index is 12.1. The van der Waals surface area contributed by atoms with Crippen LogP contribution in [0.2, 0.25) is 0 Å². The van der Waals surface area contributed by atoms with Gasteiger partial charge in [-0.2, -0.15) is 0 Å². The third-order valence-corrected chi connectivity index (χ3v) is 3.11. The van der Waals surface area contributed by atoms with E-state index in [0.29, 0.717) is 12.8 Å². The molecular weight excluding hydrogens is 254 g/mol. The van der Waals surface area contributed by atoms with E-state index in [1.165, 1.54) is 17.2 Å². The SMILES string of the molecule is C=CCC1CC(=O)C=CN1C(=O)OCc1ccccc1. The highest BCUT2D eigenvalue weighted by atomic mass is 16.6. The molecule has 0 saturated heterocycles. The van der Waals surface area contributed by atoms with Gasteiger partial charge in [-0.05, 0) is 18.1 Å². The van der Waals surface area contributed by atoms with Gasteiger partial charge in [0, 0.05) is 12.6 Å². The molecule has 0 aliphatic carbocycles. The molecule has 1 aromatic rings. The Hall–Kier alpha value is -2.36. The molecule has 1 aliphatic rings. The normalized spacial score (nSPS) is 17.9. The first kappa shape index (κ1) is 14.1. The summed E-state index contributed by atoms with van der Waals surface area (Å²) >= 11 is 0. The van der Waals surface area contributed by atoms with E-state index >= 15 is 0 Å². The van der Waals surface area contributed by atoms with Crippen molar-refractivity contribution in [1.82, 2.24) is 4.90 Å². The molecule has 0 N–H and O–H groups in total. The molecule has 0 saturated carbocycles. The highest BCUT2D eigenvalue weighted by molar-refractivity contribution is 5.92. The van der Waals surface area contributed by atoms with Crippen LogP contribution in [-0.2, 0) is 16.1 Å². The lowest BCUT2D eigenvalue weighted by molar-refractivity contribution is -0.116. The molecule has 0 spiro atoms. The third kappa shape index (κ3) is 3.57. The van der Waals surface area contributed by atoms with Gasteiger partial charge < -0.3 is 4.74 Å². The van der Waals surface area contributed by atoms with Gasteiger partial charge in [0.05, 0.1) is 6.04 Å². The van der Waals surface area contributed by atoms with Crippen LogP contribution in [0, 0.1) is 0 Å². The number of rotatable bonds is 4. The molecule has 2 rings (SSSR count). The fourth-order valence-electron chi connectivity index (χ4n) is 2.08. The molecule has 1 aliphatic heterocycles. The number of carbonyl (C=O) groups is 2. The van der Waals surface area contributed by atoms with Crippen molar-refractivity contribution in [2.45, 2.75) is 25.5 Å². The van der Waals surface area contributed by atoms with Gasteiger partial charge in [0.1, 0.15) is 6.61 Å². The average Bonchev–Trinajstić information content (AvgIpc) is 2.46. The summed E-state index contributed by atoms with van der Waals surface area (Å²) in [5.41, 5.74) is 0.929. The molecule has 1 atom stereocenters. The van der Waals surface area contributed by atoms with Crippen LogP contribution >= 0.6 is 0 Å².